The molecule has 0 aromatic heterocycles. The minimum absolute atomic E-state index is 0.0102. The highest BCUT2D eigenvalue weighted by molar-refractivity contribution is 5.85. The number of fused-ring (bicyclic) bond motifs is 7. The van der Waals surface area contributed by atoms with Crippen LogP contribution >= 0.6 is 0 Å². The smallest absolute Gasteiger partial charge is 0.366 e. The molecule has 17 nitrogen and oxygen atoms in total. The van der Waals surface area contributed by atoms with E-state index in [1.807, 2.05) is 13.8 Å². The van der Waals surface area contributed by atoms with Crippen LogP contribution in [0.2, 0.25) is 0 Å². The molecule has 6 heterocycles. The van der Waals surface area contributed by atoms with Crippen LogP contribution in [0.3, 0.4) is 0 Å². The minimum Gasteiger partial charge on any atom is -0.469 e. The van der Waals surface area contributed by atoms with E-state index in [1.165, 1.54) is 19.4 Å². The lowest BCUT2D eigenvalue weighted by Gasteiger charge is -2.65. The molecule has 0 aromatic carbocycles. The van der Waals surface area contributed by atoms with Crippen molar-refractivity contribution >= 4 is 23.9 Å². The maximum atomic E-state index is 14.4. The van der Waals surface area contributed by atoms with Crippen molar-refractivity contribution in [3.8, 4) is 0 Å². The summed E-state index contributed by atoms with van der Waals surface area (Å²) in [5, 5.41) is 37.8. The molecule has 3 aliphatic carbocycles. The molecule has 304 valence electrons. The van der Waals surface area contributed by atoms with Crippen LogP contribution in [-0.4, -0.2) is 138 Å². The Bertz CT molecular complexity index is 1750. The molecule has 3 saturated carbocycles. The number of hydrogen-bond donors (Lipinski definition) is 3. The van der Waals surface area contributed by atoms with Gasteiger partial charge in [0, 0.05) is 41.4 Å². The van der Waals surface area contributed by atoms with Gasteiger partial charge in [0.15, 0.2) is 11.2 Å². The first-order valence-electron chi connectivity index (χ1n) is 19.1. The maximum absolute atomic E-state index is 14.4. The SMILES string of the molecule is COC(=O)C1(O)OCC23C(OC(=O)CCC(C)C)CC(OC(=O)C4(C)CO4)C4(C(=O)OC)COC(C42)C(O)C(C)(C24OC2(C)C2CC4OC4OC=CC42O)C13. The van der Waals surface area contributed by atoms with Crippen molar-refractivity contribution in [2.24, 2.45) is 39.9 Å². The Hall–Kier alpha value is -2.90. The summed E-state index contributed by atoms with van der Waals surface area (Å²) in [5.74, 6) is -9.54. The lowest BCUT2D eigenvalue weighted by atomic mass is 9.37. The monoisotopic (exact) mass is 778 g/mol. The van der Waals surface area contributed by atoms with Crippen LogP contribution in [-0.2, 0) is 66.5 Å². The van der Waals surface area contributed by atoms with Gasteiger partial charge < -0.3 is 62.7 Å². The zero-order valence-corrected chi connectivity index (χ0v) is 31.9. The quantitative estimate of drug-likeness (QED) is 0.159. The number of aliphatic hydroxyl groups is 3. The third kappa shape index (κ3) is 4.21. The average molecular weight is 779 g/mol. The van der Waals surface area contributed by atoms with E-state index in [1.54, 1.807) is 20.8 Å². The van der Waals surface area contributed by atoms with E-state index in [9.17, 15) is 34.5 Å². The van der Waals surface area contributed by atoms with Crippen LogP contribution in [0, 0.1) is 39.9 Å². The molecule has 9 rings (SSSR count). The summed E-state index contributed by atoms with van der Waals surface area (Å²) in [7, 11) is 2.25. The molecular formula is C38H50O17. The first kappa shape index (κ1) is 37.7. The molecule has 3 N–H and O–H groups in total. The van der Waals surface area contributed by atoms with E-state index in [0.717, 1.165) is 7.11 Å². The molecule has 17 unspecified atom stereocenters. The van der Waals surface area contributed by atoms with E-state index in [0.29, 0.717) is 6.42 Å². The number of methoxy groups -OCH3 is 2. The fraction of sp³-hybridized carbons (Fsp3) is 0.842. The lowest BCUT2D eigenvalue weighted by Crippen LogP contribution is -2.79. The molecule has 17 heteroatoms. The summed E-state index contributed by atoms with van der Waals surface area (Å²) in [5.41, 5.74) is -11.0. The van der Waals surface area contributed by atoms with Crippen LogP contribution in [0.4, 0.5) is 0 Å². The largest absolute Gasteiger partial charge is 0.469 e. The van der Waals surface area contributed by atoms with Gasteiger partial charge in [0.2, 0.25) is 6.29 Å². The first-order valence-corrected chi connectivity index (χ1v) is 19.1. The number of carbonyl (C=O) groups is 4. The molecule has 8 fully saturated rings. The fourth-order valence-corrected chi connectivity index (χ4v) is 12.7. The Morgan fingerprint density at radius 1 is 0.909 bits per heavy atom. The topological polar surface area (TPSA) is 228 Å². The van der Waals surface area contributed by atoms with Gasteiger partial charge in [-0.1, -0.05) is 20.8 Å². The van der Waals surface area contributed by atoms with Gasteiger partial charge in [0.25, 0.3) is 5.79 Å². The van der Waals surface area contributed by atoms with Crippen molar-refractivity contribution < 1.29 is 81.9 Å². The highest BCUT2D eigenvalue weighted by atomic mass is 16.7. The number of esters is 4. The number of hydrogen-bond acceptors (Lipinski definition) is 17. The molecule has 0 aromatic rings. The van der Waals surface area contributed by atoms with Gasteiger partial charge in [-0.3, -0.25) is 9.59 Å². The number of carbonyl (C=O) groups excluding carboxylic acids is 4. The van der Waals surface area contributed by atoms with E-state index >= 15 is 0 Å². The molecule has 1 spiro atoms. The van der Waals surface area contributed by atoms with Gasteiger partial charge in [-0.05, 0) is 38.7 Å². The zero-order chi connectivity index (χ0) is 39.5. The van der Waals surface area contributed by atoms with Crippen molar-refractivity contribution in [1.29, 1.82) is 0 Å². The summed E-state index contributed by atoms with van der Waals surface area (Å²) in [6.45, 7) is 8.07. The Balaban J connectivity index is 1.26. The lowest BCUT2D eigenvalue weighted by molar-refractivity contribution is -0.315. The Morgan fingerprint density at radius 2 is 1.62 bits per heavy atom. The summed E-state index contributed by atoms with van der Waals surface area (Å²) < 4.78 is 60.2. The second-order valence-electron chi connectivity index (χ2n) is 18.1. The third-order valence-electron chi connectivity index (χ3n) is 15.3. The van der Waals surface area contributed by atoms with Gasteiger partial charge in [0.05, 0.1) is 58.6 Å². The molecule has 2 bridgehead atoms. The summed E-state index contributed by atoms with van der Waals surface area (Å²) in [6, 6.07) is 0. The van der Waals surface area contributed by atoms with Gasteiger partial charge in [-0.15, -0.1) is 0 Å². The summed E-state index contributed by atoms with van der Waals surface area (Å²) in [4.78, 5) is 56.0. The highest BCUT2D eigenvalue weighted by Crippen LogP contribution is 2.83. The predicted octanol–water partition coefficient (Wildman–Crippen LogP) is 0.0359. The third-order valence-corrected chi connectivity index (χ3v) is 15.3. The van der Waals surface area contributed by atoms with E-state index in [4.69, 9.17) is 47.4 Å². The van der Waals surface area contributed by atoms with Gasteiger partial charge in [0.1, 0.15) is 28.8 Å². The average Bonchev–Trinajstić information content (AvgIpc) is 3.79. The molecule has 0 amide bonds. The predicted molar refractivity (Wildman–Crippen MR) is 178 cm³/mol. The van der Waals surface area contributed by atoms with Crippen molar-refractivity contribution in [1.82, 2.24) is 0 Å². The molecule has 55 heavy (non-hydrogen) atoms. The van der Waals surface area contributed by atoms with Crippen LogP contribution in [0.25, 0.3) is 0 Å². The second kappa shape index (κ2) is 11.4. The van der Waals surface area contributed by atoms with Crippen molar-refractivity contribution in [2.75, 3.05) is 34.0 Å². The molecule has 6 aliphatic heterocycles. The van der Waals surface area contributed by atoms with Gasteiger partial charge in [-0.2, -0.15) is 0 Å². The first-order chi connectivity index (χ1) is 25.8. The van der Waals surface area contributed by atoms with Crippen LogP contribution in [0.15, 0.2) is 12.3 Å². The number of rotatable bonds is 9. The minimum atomic E-state index is -2.83. The normalized spacial score (nSPS) is 54.3. The van der Waals surface area contributed by atoms with Gasteiger partial charge >= 0.3 is 23.9 Å². The fourth-order valence-electron chi connectivity index (χ4n) is 12.7. The standard InChI is InChI=1S/C38H50O17/c1-17(2)8-9-22(39)52-19-13-20(53-27(41)31(3)14-50-31)35(28(42)46-6)15-49-23-24(35)34(19)16-51-37(45,29(43)47-7)26(34)32(4,25(23)40)38-21-12-18(33(38,5)55-38)36(44)10-11-48-30(36)54-21/h10-11,17-21,23-26,30,40,44-45H,8-9,12-16H2,1-7H3. The summed E-state index contributed by atoms with van der Waals surface area (Å²) in [6.07, 6.45) is -4.24. The van der Waals surface area contributed by atoms with Gasteiger partial charge in [-0.25, -0.2) is 9.59 Å². The molecular weight excluding hydrogens is 728 g/mol. The summed E-state index contributed by atoms with van der Waals surface area (Å²) >= 11 is 0. The zero-order valence-electron chi connectivity index (χ0n) is 31.9. The van der Waals surface area contributed by atoms with Crippen molar-refractivity contribution in [2.45, 2.75) is 125 Å². The Labute approximate surface area is 317 Å². The van der Waals surface area contributed by atoms with E-state index in [-0.39, 0.29) is 31.8 Å². The van der Waals surface area contributed by atoms with Crippen LogP contribution in [0.1, 0.15) is 60.3 Å². The number of ether oxygens (including phenoxy) is 10. The maximum Gasteiger partial charge on any atom is 0.366 e. The number of aliphatic hydroxyl groups excluding tert-OH is 1. The molecule has 0 radical (unpaired) electrons. The number of epoxide rings is 2. The highest BCUT2D eigenvalue weighted by Gasteiger charge is 2.97. The molecule has 17 atom stereocenters. The van der Waals surface area contributed by atoms with Crippen molar-refractivity contribution in [3.05, 3.63) is 12.3 Å². The Morgan fingerprint density at radius 3 is 2.27 bits per heavy atom. The van der Waals surface area contributed by atoms with Crippen LogP contribution in [0.5, 0.6) is 0 Å². The molecule has 9 aliphatic rings. The van der Waals surface area contributed by atoms with E-state index in [2.05, 4.69) is 0 Å². The molecule has 5 saturated heterocycles. The van der Waals surface area contributed by atoms with Crippen LogP contribution < -0.4 is 0 Å². The second-order valence-corrected chi connectivity index (χ2v) is 18.1. The van der Waals surface area contributed by atoms with Crippen molar-refractivity contribution in [3.63, 3.8) is 0 Å². The van der Waals surface area contributed by atoms with E-state index < -0.39 is 136 Å². The Kier molecular flexibility index (Phi) is 7.80.